The maximum absolute atomic E-state index is 12.9. The summed E-state index contributed by atoms with van der Waals surface area (Å²) in [4.78, 5) is 15.2. The van der Waals surface area contributed by atoms with Gasteiger partial charge in [0.25, 0.3) is 0 Å². The molecular formula is C17H25NO2. The summed E-state index contributed by atoms with van der Waals surface area (Å²) in [5.74, 6) is 1.01. The van der Waals surface area contributed by atoms with E-state index in [0.29, 0.717) is 6.04 Å². The lowest BCUT2D eigenvalue weighted by molar-refractivity contribution is -0.118. The first kappa shape index (κ1) is 15.0. The number of hydrogen-bond acceptors (Lipinski definition) is 3. The van der Waals surface area contributed by atoms with Gasteiger partial charge in [0.15, 0.2) is 5.78 Å². The van der Waals surface area contributed by atoms with Crippen molar-refractivity contribution in [1.82, 2.24) is 4.90 Å². The molecule has 1 aromatic carbocycles. The molecule has 3 heteroatoms. The van der Waals surface area contributed by atoms with Gasteiger partial charge in [0.2, 0.25) is 0 Å². The van der Waals surface area contributed by atoms with Gasteiger partial charge in [-0.3, -0.25) is 9.69 Å². The molecule has 110 valence electrons. The highest BCUT2D eigenvalue weighted by molar-refractivity contribution is 6.02. The summed E-state index contributed by atoms with van der Waals surface area (Å²) in [5.41, 5.74) is 0.328. The second-order valence-corrected chi connectivity index (χ2v) is 6.67. The highest BCUT2D eigenvalue weighted by Gasteiger charge is 2.60. The van der Waals surface area contributed by atoms with E-state index in [9.17, 15) is 4.79 Å². The third-order valence-electron chi connectivity index (χ3n) is 5.03. The molecule has 1 aliphatic rings. The first-order valence-electron chi connectivity index (χ1n) is 7.19. The number of rotatable bonds is 4. The van der Waals surface area contributed by atoms with Crippen molar-refractivity contribution in [3.63, 3.8) is 0 Å². The van der Waals surface area contributed by atoms with Crippen LogP contribution in [0.15, 0.2) is 24.3 Å². The maximum atomic E-state index is 12.9. The van der Waals surface area contributed by atoms with Gasteiger partial charge in [-0.1, -0.05) is 0 Å². The number of ketones is 1. The van der Waals surface area contributed by atoms with E-state index < -0.39 is 0 Å². The molecule has 0 amide bonds. The zero-order valence-electron chi connectivity index (χ0n) is 13.4. The summed E-state index contributed by atoms with van der Waals surface area (Å²) in [6, 6.07) is 7.88. The summed E-state index contributed by atoms with van der Waals surface area (Å²) >= 11 is 0. The van der Waals surface area contributed by atoms with Crippen molar-refractivity contribution in [3.05, 3.63) is 29.8 Å². The topological polar surface area (TPSA) is 29.5 Å². The summed E-state index contributed by atoms with van der Waals surface area (Å²) < 4.78 is 5.14. The number of nitrogens with zero attached hydrogens (tertiary/aromatic N) is 1. The number of ether oxygens (including phenoxy) is 1. The zero-order chi connectivity index (χ0) is 15.1. The Morgan fingerprint density at radius 1 is 1.20 bits per heavy atom. The van der Waals surface area contributed by atoms with Crippen LogP contribution >= 0.6 is 0 Å². The number of carbonyl (C=O) groups excluding carboxylic acids is 1. The zero-order valence-corrected chi connectivity index (χ0v) is 13.4. The number of likely N-dealkylation sites (tertiary alicyclic amines) is 1. The monoisotopic (exact) mass is 275 g/mol. The molecule has 0 bridgehead atoms. The summed E-state index contributed by atoms with van der Waals surface area (Å²) in [5, 5.41) is 0. The van der Waals surface area contributed by atoms with Gasteiger partial charge in [0.05, 0.1) is 12.5 Å². The number of hydrogen-bond donors (Lipinski definition) is 0. The van der Waals surface area contributed by atoms with Gasteiger partial charge >= 0.3 is 0 Å². The molecule has 0 aromatic heterocycles. The van der Waals surface area contributed by atoms with Crippen LogP contribution in [-0.2, 0) is 0 Å². The fourth-order valence-corrected chi connectivity index (χ4v) is 3.20. The molecule has 0 saturated carbocycles. The van der Waals surface area contributed by atoms with E-state index in [4.69, 9.17) is 4.74 Å². The summed E-state index contributed by atoms with van der Waals surface area (Å²) in [6.45, 7) is 11.6. The molecular weight excluding hydrogens is 250 g/mol. The van der Waals surface area contributed by atoms with Crippen LogP contribution < -0.4 is 4.74 Å². The van der Waals surface area contributed by atoms with E-state index >= 15 is 0 Å². The van der Waals surface area contributed by atoms with Gasteiger partial charge in [-0.05, 0) is 58.9 Å². The number of benzene rings is 1. The third kappa shape index (κ3) is 2.05. The van der Waals surface area contributed by atoms with Gasteiger partial charge in [0, 0.05) is 23.7 Å². The summed E-state index contributed by atoms with van der Waals surface area (Å²) in [7, 11) is 1.63. The van der Waals surface area contributed by atoms with Gasteiger partial charge in [-0.2, -0.15) is 0 Å². The Bertz CT molecular complexity index is 504. The van der Waals surface area contributed by atoms with E-state index in [-0.39, 0.29) is 16.7 Å². The molecule has 1 heterocycles. The van der Waals surface area contributed by atoms with Crippen LogP contribution in [0.4, 0.5) is 0 Å². The van der Waals surface area contributed by atoms with E-state index in [1.54, 1.807) is 7.11 Å². The minimum Gasteiger partial charge on any atom is -0.497 e. The smallest absolute Gasteiger partial charge is 0.171 e. The van der Waals surface area contributed by atoms with Crippen molar-refractivity contribution in [2.75, 3.05) is 13.7 Å². The van der Waals surface area contributed by atoms with E-state index in [2.05, 4.69) is 39.5 Å². The number of Topliss-reactive ketones (excluding diaryl/α,β-unsaturated/α-hetero) is 1. The average molecular weight is 275 g/mol. The predicted molar refractivity (Wildman–Crippen MR) is 81.4 cm³/mol. The normalized spacial score (nSPS) is 25.4. The van der Waals surface area contributed by atoms with Gasteiger partial charge in [-0.15, -0.1) is 0 Å². The van der Waals surface area contributed by atoms with Crippen molar-refractivity contribution in [3.8, 4) is 5.75 Å². The first-order valence-corrected chi connectivity index (χ1v) is 7.19. The van der Waals surface area contributed by atoms with Crippen molar-refractivity contribution in [2.24, 2.45) is 5.41 Å². The van der Waals surface area contributed by atoms with E-state index in [1.165, 1.54) is 0 Å². The largest absolute Gasteiger partial charge is 0.497 e. The minimum absolute atomic E-state index is 0.113. The standard InChI is InChI=1S/C17H25NO2/c1-12(2)18-11-17(5,16(18,3)4)15(19)13-7-9-14(20-6)10-8-13/h7-10,12H,11H2,1-6H3. The lowest BCUT2D eigenvalue weighted by atomic mass is 9.60. The molecule has 1 unspecified atom stereocenters. The molecule has 1 aromatic rings. The molecule has 20 heavy (non-hydrogen) atoms. The first-order chi connectivity index (χ1) is 9.24. The molecule has 1 atom stereocenters. The van der Waals surface area contributed by atoms with Crippen LogP contribution in [0, 0.1) is 5.41 Å². The molecule has 3 nitrogen and oxygen atoms in total. The number of methoxy groups -OCH3 is 1. The average Bonchev–Trinajstić information content (AvgIpc) is 2.43. The molecule has 1 aliphatic heterocycles. The van der Waals surface area contributed by atoms with Crippen molar-refractivity contribution in [1.29, 1.82) is 0 Å². The van der Waals surface area contributed by atoms with Gasteiger partial charge in [-0.25, -0.2) is 0 Å². The van der Waals surface area contributed by atoms with Crippen LogP contribution in [0.25, 0.3) is 0 Å². The Morgan fingerprint density at radius 2 is 1.75 bits per heavy atom. The van der Waals surface area contributed by atoms with Crippen molar-refractivity contribution >= 4 is 5.78 Å². The van der Waals surface area contributed by atoms with Crippen LogP contribution in [0.2, 0.25) is 0 Å². The molecule has 0 radical (unpaired) electrons. The van der Waals surface area contributed by atoms with E-state index in [1.807, 2.05) is 24.3 Å². The van der Waals surface area contributed by atoms with Gasteiger partial charge in [0.1, 0.15) is 5.75 Å². The Kier molecular flexibility index (Phi) is 3.67. The molecule has 1 saturated heterocycles. The van der Waals surface area contributed by atoms with Crippen LogP contribution in [0.3, 0.4) is 0 Å². The minimum atomic E-state index is -0.328. The second kappa shape index (κ2) is 4.88. The van der Waals surface area contributed by atoms with Crippen molar-refractivity contribution in [2.45, 2.75) is 46.2 Å². The fraction of sp³-hybridized carbons (Fsp3) is 0.588. The molecule has 1 fully saturated rings. The van der Waals surface area contributed by atoms with E-state index in [0.717, 1.165) is 17.9 Å². The highest BCUT2D eigenvalue weighted by Crippen LogP contribution is 2.49. The maximum Gasteiger partial charge on any atom is 0.171 e. The Morgan fingerprint density at radius 3 is 2.15 bits per heavy atom. The molecule has 0 aliphatic carbocycles. The lowest BCUT2D eigenvalue weighted by Crippen LogP contribution is -2.74. The molecule has 0 spiro atoms. The lowest BCUT2D eigenvalue weighted by Gasteiger charge is -2.63. The van der Waals surface area contributed by atoms with Gasteiger partial charge < -0.3 is 4.74 Å². The van der Waals surface area contributed by atoms with Crippen LogP contribution in [0.5, 0.6) is 5.75 Å². The summed E-state index contributed by atoms with van der Waals surface area (Å²) in [6.07, 6.45) is 0. The highest BCUT2D eigenvalue weighted by atomic mass is 16.5. The second-order valence-electron chi connectivity index (χ2n) is 6.67. The SMILES string of the molecule is COc1ccc(C(=O)C2(C)CN(C(C)C)C2(C)C)cc1. The van der Waals surface area contributed by atoms with Crippen molar-refractivity contribution < 1.29 is 9.53 Å². The fourth-order valence-electron chi connectivity index (χ4n) is 3.20. The molecule has 0 N–H and O–H groups in total. The predicted octanol–water partition coefficient (Wildman–Crippen LogP) is 3.39. The Balaban J connectivity index is 2.25. The number of carbonyl (C=O) groups is 1. The quantitative estimate of drug-likeness (QED) is 0.789. The Labute approximate surface area is 121 Å². The molecule has 2 rings (SSSR count). The Hall–Kier alpha value is -1.35. The van der Waals surface area contributed by atoms with Crippen LogP contribution in [-0.4, -0.2) is 35.9 Å². The van der Waals surface area contributed by atoms with Crippen LogP contribution in [0.1, 0.15) is 45.0 Å². The third-order valence-corrected chi connectivity index (χ3v) is 5.03.